The van der Waals surface area contributed by atoms with E-state index in [2.05, 4.69) is 5.32 Å². The number of nitrogens with zero attached hydrogens (tertiary/aromatic N) is 1. The highest BCUT2D eigenvalue weighted by molar-refractivity contribution is 7.89. The predicted molar refractivity (Wildman–Crippen MR) is 108 cm³/mol. The van der Waals surface area contributed by atoms with Crippen LogP contribution in [-0.4, -0.2) is 39.8 Å². The van der Waals surface area contributed by atoms with Crippen LogP contribution < -0.4 is 10.1 Å². The van der Waals surface area contributed by atoms with E-state index in [0.717, 1.165) is 4.31 Å². The third-order valence-electron chi connectivity index (χ3n) is 3.58. The van der Waals surface area contributed by atoms with Gasteiger partial charge in [0.15, 0.2) is 0 Å². The molecule has 2 aromatic rings. The number of hydrogen-bond donors (Lipinski definition) is 1. The number of halogens is 2. The van der Waals surface area contributed by atoms with E-state index < -0.39 is 15.9 Å². The molecule has 0 aliphatic rings. The molecule has 0 aliphatic heterocycles. The van der Waals surface area contributed by atoms with Crippen LogP contribution in [0.3, 0.4) is 0 Å². The smallest absolute Gasteiger partial charge is 0.248 e. The summed E-state index contributed by atoms with van der Waals surface area (Å²) in [5, 5.41) is 3.41. The highest BCUT2D eigenvalue weighted by atomic mass is 35.5. The zero-order chi connectivity index (χ0) is 20.2. The van der Waals surface area contributed by atoms with E-state index in [1.807, 2.05) is 0 Å². The predicted octanol–water partition coefficient (Wildman–Crippen LogP) is 3.90. The Morgan fingerprint density at radius 3 is 2.41 bits per heavy atom. The topological polar surface area (TPSA) is 75.7 Å². The van der Waals surface area contributed by atoms with Gasteiger partial charge in [0.25, 0.3) is 0 Å². The molecule has 0 spiro atoms. The first kappa shape index (κ1) is 21.2. The molecular formula is C18H18Cl2N2O4S. The largest absolute Gasteiger partial charge is 0.495 e. The van der Waals surface area contributed by atoms with Crippen molar-refractivity contribution in [1.82, 2.24) is 4.31 Å². The summed E-state index contributed by atoms with van der Waals surface area (Å²) in [5.41, 5.74) is 0.930. The van der Waals surface area contributed by atoms with Crippen LogP contribution in [0.1, 0.15) is 5.56 Å². The van der Waals surface area contributed by atoms with Crippen LogP contribution in [0, 0.1) is 0 Å². The maximum atomic E-state index is 12.3. The number of ether oxygens (including phenoxy) is 1. The third kappa shape index (κ3) is 5.23. The summed E-state index contributed by atoms with van der Waals surface area (Å²) in [4.78, 5) is 12.3. The average Bonchev–Trinajstić information content (AvgIpc) is 2.62. The molecule has 9 heteroatoms. The van der Waals surface area contributed by atoms with Crippen LogP contribution in [0.4, 0.5) is 5.69 Å². The second kappa shape index (κ2) is 8.75. The molecule has 0 aliphatic carbocycles. The molecule has 0 aromatic heterocycles. The molecule has 144 valence electrons. The van der Waals surface area contributed by atoms with Crippen LogP contribution in [-0.2, 0) is 14.8 Å². The highest BCUT2D eigenvalue weighted by Gasteiger charge is 2.19. The number of hydrogen-bond acceptors (Lipinski definition) is 4. The summed E-state index contributed by atoms with van der Waals surface area (Å²) < 4.78 is 30.8. The van der Waals surface area contributed by atoms with E-state index >= 15 is 0 Å². The Balaban J connectivity index is 2.25. The Hall–Kier alpha value is -2.06. The fourth-order valence-electron chi connectivity index (χ4n) is 2.12. The molecule has 0 unspecified atom stereocenters. The maximum Gasteiger partial charge on any atom is 0.248 e. The Labute approximate surface area is 168 Å². The molecule has 27 heavy (non-hydrogen) atoms. The van der Waals surface area contributed by atoms with Gasteiger partial charge in [-0.1, -0.05) is 29.3 Å². The minimum absolute atomic E-state index is 0.0389. The van der Waals surface area contributed by atoms with Crippen molar-refractivity contribution in [3.63, 3.8) is 0 Å². The Bertz CT molecular complexity index is 989. The van der Waals surface area contributed by atoms with Crippen LogP contribution in [0.15, 0.2) is 47.4 Å². The van der Waals surface area contributed by atoms with Crippen LogP contribution in [0.2, 0.25) is 10.0 Å². The van der Waals surface area contributed by atoms with E-state index in [-0.39, 0.29) is 10.6 Å². The van der Waals surface area contributed by atoms with Gasteiger partial charge in [-0.3, -0.25) is 4.79 Å². The zero-order valence-electron chi connectivity index (χ0n) is 14.9. The maximum absolute atomic E-state index is 12.3. The van der Waals surface area contributed by atoms with E-state index in [4.69, 9.17) is 27.9 Å². The molecule has 0 heterocycles. The van der Waals surface area contributed by atoms with Crippen molar-refractivity contribution in [2.45, 2.75) is 4.90 Å². The van der Waals surface area contributed by atoms with Crippen molar-refractivity contribution in [2.24, 2.45) is 0 Å². The molecule has 1 N–H and O–H groups in total. The van der Waals surface area contributed by atoms with Gasteiger partial charge in [-0.05, 0) is 42.0 Å². The molecule has 6 nitrogen and oxygen atoms in total. The van der Waals surface area contributed by atoms with Gasteiger partial charge in [-0.2, -0.15) is 0 Å². The zero-order valence-corrected chi connectivity index (χ0v) is 17.2. The fourth-order valence-corrected chi connectivity index (χ4v) is 3.35. The first-order chi connectivity index (χ1) is 12.6. The second-order valence-corrected chi connectivity index (χ2v) is 8.61. The first-order valence-electron chi connectivity index (χ1n) is 7.70. The molecule has 0 saturated carbocycles. The lowest BCUT2D eigenvalue weighted by molar-refractivity contribution is -0.111. The van der Waals surface area contributed by atoms with Crippen molar-refractivity contribution in [1.29, 1.82) is 0 Å². The van der Waals surface area contributed by atoms with E-state index in [1.165, 1.54) is 45.5 Å². The number of carbonyl (C=O) groups is 1. The van der Waals surface area contributed by atoms with Gasteiger partial charge in [0, 0.05) is 20.2 Å². The van der Waals surface area contributed by atoms with E-state index in [1.54, 1.807) is 24.3 Å². The summed E-state index contributed by atoms with van der Waals surface area (Å²) in [6.07, 6.45) is 2.86. The van der Waals surface area contributed by atoms with Gasteiger partial charge >= 0.3 is 0 Å². The molecule has 1 amide bonds. The lowest BCUT2D eigenvalue weighted by Crippen LogP contribution is -2.22. The van der Waals surface area contributed by atoms with Gasteiger partial charge in [-0.15, -0.1) is 0 Å². The lowest BCUT2D eigenvalue weighted by atomic mass is 10.2. The molecule has 0 bridgehead atoms. The summed E-state index contributed by atoms with van der Waals surface area (Å²) in [7, 11) is 0.641. The van der Waals surface area contributed by atoms with Crippen molar-refractivity contribution >= 4 is 50.9 Å². The van der Waals surface area contributed by atoms with Crippen LogP contribution in [0.5, 0.6) is 5.75 Å². The second-order valence-electron chi connectivity index (χ2n) is 5.65. The summed E-state index contributed by atoms with van der Waals surface area (Å²) in [6, 6.07) is 9.20. The number of anilines is 1. The normalized spacial score (nSPS) is 11.8. The Morgan fingerprint density at radius 2 is 1.81 bits per heavy atom. The number of carbonyl (C=O) groups excluding carboxylic acids is 1. The molecule has 2 aromatic carbocycles. The number of methoxy groups -OCH3 is 1. The van der Waals surface area contributed by atoms with Crippen LogP contribution >= 0.6 is 23.2 Å². The van der Waals surface area contributed by atoms with Crippen molar-refractivity contribution in [3.05, 3.63) is 58.1 Å². The van der Waals surface area contributed by atoms with Gasteiger partial charge < -0.3 is 10.1 Å². The standard InChI is InChI=1S/C18H18Cl2N2O4S/c1-22(2)27(24,25)13-6-8-17(26-3)16(11-13)21-18(23)9-5-12-4-7-14(19)15(20)10-12/h4-11H,1-3H3,(H,21,23). The van der Waals surface area contributed by atoms with Gasteiger partial charge in [0.2, 0.25) is 15.9 Å². The van der Waals surface area contributed by atoms with Crippen molar-refractivity contribution < 1.29 is 17.9 Å². The van der Waals surface area contributed by atoms with E-state index in [9.17, 15) is 13.2 Å². The minimum atomic E-state index is -3.64. The van der Waals surface area contributed by atoms with Crippen molar-refractivity contribution in [2.75, 3.05) is 26.5 Å². The summed E-state index contributed by atoms with van der Waals surface area (Å²) in [5.74, 6) is -0.122. The Kier molecular flexibility index (Phi) is 6.89. The summed E-state index contributed by atoms with van der Waals surface area (Å²) >= 11 is 11.8. The number of sulfonamides is 1. The average molecular weight is 429 g/mol. The Morgan fingerprint density at radius 1 is 1.11 bits per heavy atom. The molecule has 0 fully saturated rings. The van der Waals surface area contributed by atoms with Crippen LogP contribution in [0.25, 0.3) is 6.08 Å². The molecular weight excluding hydrogens is 411 g/mol. The SMILES string of the molecule is COc1ccc(S(=O)(=O)N(C)C)cc1NC(=O)C=Cc1ccc(Cl)c(Cl)c1. The fraction of sp³-hybridized carbons (Fsp3) is 0.167. The third-order valence-corrected chi connectivity index (χ3v) is 6.13. The highest BCUT2D eigenvalue weighted by Crippen LogP contribution is 2.28. The number of nitrogens with one attached hydrogen (secondary N) is 1. The monoisotopic (exact) mass is 428 g/mol. The number of rotatable bonds is 6. The van der Waals surface area contributed by atoms with Gasteiger partial charge in [0.1, 0.15) is 5.75 Å². The molecule has 0 radical (unpaired) electrons. The summed E-state index contributed by atoms with van der Waals surface area (Å²) in [6.45, 7) is 0. The first-order valence-corrected chi connectivity index (χ1v) is 9.89. The molecule has 0 atom stereocenters. The molecule has 2 rings (SSSR count). The van der Waals surface area contributed by atoms with Gasteiger partial charge in [-0.25, -0.2) is 12.7 Å². The number of benzene rings is 2. The molecule has 0 saturated heterocycles. The quantitative estimate of drug-likeness (QED) is 0.707. The minimum Gasteiger partial charge on any atom is -0.495 e. The van der Waals surface area contributed by atoms with Gasteiger partial charge in [0.05, 0.1) is 27.7 Å². The van der Waals surface area contributed by atoms with E-state index in [0.29, 0.717) is 21.4 Å². The lowest BCUT2D eigenvalue weighted by Gasteiger charge is -2.14. The van der Waals surface area contributed by atoms with Crippen molar-refractivity contribution in [3.8, 4) is 5.75 Å². The number of amides is 1.